The lowest BCUT2D eigenvalue weighted by Crippen LogP contribution is -2.22. The molecular weight excluding hydrogens is 280 g/mol. The maximum Gasteiger partial charge on any atom is 0.0352 e. The fourth-order valence-electron chi connectivity index (χ4n) is 3.11. The Morgan fingerprint density at radius 3 is 2.62 bits per heavy atom. The highest BCUT2D eigenvalue weighted by Gasteiger charge is 2.25. The average Bonchev–Trinajstić information content (AvgIpc) is 2.88. The molecule has 21 heavy (non-hydrogen) atoms. The molecule has 0 radical (unpaired) electrons. The van der Waals surface area contributed by atoms with Crippen molar-refractivity contribution >= 4 is 18.1 Å². The molecule has 2 aromatic carbocycles. The third kappa shape index (κ3) is 3.78. The van der Waals surface area contributed by atoms with Gasteiger partial charge in [0, 0.05) is 18.3 Å². The van der Waals surface area contributed by atoms with Crippen molar-refractivity contribution in [3.05, 3.63) is 65.2 Å². The van der Waals surface area contributed by atoms with Gasteiger partial charge in [-0.15, -0.1) is 12.4 Å². The van der Waals surface area contributed by atoms with Crippen LogP contribution in [0.25, 0.3) is 0 Å². The molecular formula is C18H23ClN2. The second-order valence-electron chi connectivity index (χ2n) is 5.78. The summed E-state index contributed by atoms with van der Waals surface area (Å²) >= 11 is 0. The van der Waals surface area contributed by atoms with Crippen LogP contribution in [0.4, 0.5) is 5.69 Å². The zero-order valence-electron chi connectivity index (χ0n) is 12.5. The molecule has 2 aromatic rings. The van der Waals surface area contributed by atoms with Crippen molar-refractivity contribution in [3.8, 4) is 0 Å². The molecule has 3 heteroatoms. The molecule has 1 atom stereocenters. The summed E-state index contributed by atoms with van der Waals surface area (Å²) in [7, 11) is 0. The van der Waals surface area contributed by atoms with Crippen LogP contribution in [-0.4, -0.2) is 11.4 Å². The number of benzene rings is 2. The molecule has 0 aliphatic carbocycles. The van der Waals surface area contributed by atoms with E-state index in [1.54, 1.807) is 0 Å². The molecule has 0 aromatic heterocycles. The highest BCUT2D eigenvalue weighted by atomic mass is 35.5. The van der Waals surface area contributed by atoms with Crippen LogP contribution in [0.2, 0.25) is 0 Å². The van der Waals surface area contributed by atoms with Crippen molar-refractivity contribution in [1.82, 2.24) is 4.90 Å². The number of likely N-dealkylation sites (tertiary alicyclic amines) is 1. The number of nitrogen functional groups attached to an aromatic ring is 1. The molecule has 3 rings (SSSR count). The predicted molar refractivity (Wildman–Crippen MR) is 91.7 cm³/mol. The number of hydrogen-bond donors (Lipinski definition) is 1. The highest BCUT2D eigenvalue weighted by molar-refractivity contribution is 5.85. The lowest BCUT2D eigenvalue weighted by molar-refractivity contribution is 0.248. The van der Waals surface area contributed by atoms with E-state index in [1.165, 1.54) is 36.1 Å². The number of nitrogens with zero attached hydrogens (tertiary/aromatic N) is 1. The van der Waals surface area contributed by atoms with E-state index in [9.17, 15) is 0 Å². The van der Waals surface area contributed by atoms with Gasteiger partial charge in [0.1, 0.15) is 0 Å². The van der Waals surface area contributed by atoms with Gasteiger partial charge in [-0.3, -0.25) is 4.90 Å². The van der Waals surface area contributed by atoms with Crippen LogP contribution in [0, 0.1) is 6.92 Å². The third-order valence-electron chi connectivity index (χ3n) is 4.16. The van der Waals surface area contributed by atoms with Gasteiger partial charge in [0.05, 0.1) is 0 Å². The zero-order valence-corrected chi connectivity index (χ0v) is 13.3. The Bertz CT molecular complexity index is 580. The van der Waals surface area contributed by atoms with Gasteiger partial charge in [-0.1, -0.05) is 42.0 Å². The van der Waals surface area contributed by atoms with E-state index >= 15 is 0 Å². The van der Waals surface area contributed by atoms with Gasteiger partial charge in [0.15, 0.2) is 0 Å². The normalized spacial score (nSPS) is 18.4. The Kier molecular flexibility index (Phi) is 5.27. The van der Waals surface area contributed by atoms with E-state index < -0.39 is 0 Å². The van der Waals surface area contributed by atoms with E-state index in [1.807, 2.05) is 12.1 Å². The quantitative estimate of drug-likeness (QED) is 0.855. The average molecular weight is 303 g/mol. The van der Waals surface area contributed by atoms with Crippen LogP contribution >= 0.6 is 12.4 Å². The number of anilines is 1. The van der Waals surface area contributed by atoms with E-state index in [4.69, 9.17) is 5.73 Å². The summed E-state index contributed by atoms with van der Waals surface area (Å²) in [5.74, 6) is 0. The van der Waals surface area contributed by atoms with Crippen LogP contribution in [0.3, 0.4) is 0 Å². The SMILES string of the molecule is Cc1ccc(C2CCCN2Cc2cccc(N)c2)cc1.Cl. The highest BCUT2D eigenvalue weighted by Crippen LogP contribution is 2.33. The van der Waals surface area contributed by atoms with Gasteiger partial charge in [-0.25, -0.2) is 0 Å². The Hall–Kier alpha value is -1.51. The first-order chi connectivity index (χ1) is 9.72. The summed E-state index contributed by atoms with van der Waals surface area (Å²) in [6, 6.07) is 17.8. The van der Waals surface area contributed by atoms with Gasteiger partial charge in [0.2, 0.25) is 0 Å². The summed E-state index contributed by atoms with van der Waals surface area (Å²) in [6.45, 7) is 4.31. The van der Waals surface area contributed by atoms with E-state index in [0.717, 1.165) is 12.2 Å². The Morgan fingerprint density at radius 2 is 1.90 bits per heavy atom. The number of hydrogen-bond acceptors (Lipinski definition) is 2. The van der Waals surface area contributed by atoms with Crippen LogP contribution < -0.4 is 5.73 Å². The van der Waals surface area contributed by atoms with E-state index in [-0.39, 0.29) is 12.4 Å². The molecule has 1 aliphatic heterocycles. The molecule has 0 saturated carbocycles. The van der Waals surface area contributed by atoms with E-state index in [2.05, 4.69) is 48.2 Å². The largest absolute Gasteiger partial charge is 0.399 e. The number of aryl methyl sites for hydroxylation is 1. The summed E-state index contributed by atoms with van der Waals surface area (Å²) in [4.78, 5) is 2.57. The van der Waals surface area contributed by atoms with Gasteiger partial charge in [-0.05, 0) is 49.6 Å². The van der Waals surface area contributed by atoms with E-state index in [0.29, 0.717) is 6.04 Å². The maximum atomic E-state index is 5.88. The molecule has 0 spiro atoms. The standard InChI is InChI=1S/C18H22N2.ClH/c1-14-7-9-16(10-8-14)18-6-3-11-20(18)13-15-4-2-5-17(19)12-15;/h2,4-5,7-10,12,18H,3,6,11,13,19H2,1H3;1H. The summed E-state index contributed by atoms with van der Waals surface area (Å²) in [5, 5.41) is 0. The Balaban J connectivity index is 0.00000161. The first-order valence-corrected chi connectivity index (χ1v) is 7.37. The molecule has 0 bridgehead atoms. The molecule has 2 N–H and O–H groups in total. The number of nitrogens with two attached hydrogens (primary N) is 1. The zero-order chi connectivity index (χ0) is 13.9. The smallest absolute Gasteiger partial charge is 0.0352 e. The molecule has 1 aliphatic rings. The number of halogens is 1. The summed E-state index contributed by atoms with van der Waals surface area (Å²) in [5.41, 5.74) is 10.8. The summed E-state index contributed by atoms with van der Waals surface area (Å²) < 4.78 is 0. The topological polar surface area (TPSA) is 29.3 Å². The second kappa shape index (κ2) is 6.97. The van der Waals surface area contributed by atoms with Gasteiger partial charge < -0.3 is 5.73 Å². The van der Waals surface area contributed by atoms with Crippen molar-refractivity contribution in [3.63, 3.8) is 0 Å². The molecule has 1 heterocycles. The number of rotatable bonds is 3. The van der Waals surface area contributed by atoms with Crippen molar-refractivity contribution in [1.29, 1.82) is 0 Å². The third-order valence-corrected chi connectivity index (χ3v) is 4.16. The van der Waals surface area contributed by atoms with Gasteiger partial charge in [-0.2, -0.15) is 0 Å². The predicted octanol–water partition coefficient (Wildman–Crippen LogP) is 4.34. The van der Waals surface area contributed by atoms with Crippen molar-refractivity contribution in [2.75, 3.05) is 12.3 Å². The van der Waals surface area contributed by atoms with Crippen molar-refractivity contribution in [2.45, 2.75) is 32.4 Å². The monoisotopic (exact) mass is 302 g/mol. The van der Waals surface area contributed by atoms with Crippen LogP contribution in [0.5, 0.6) is 0 Å². The fraction of sp³-hybridized carbons (Fsp3) is 0.333. The van der Waals surface area contributed by atoms with Gasteiger partial charge in [0.25, 0.3) is 0 Å². The minimum atomic E-state index is 0. The maximum absolute atomic E-state index is 5.88. The van der Waals surface area contributed by atoms with Gasteiger partial charge >= 0.3 is 0 Å². The Labute approximate surface area is 133 Å². The van der Waals surface area contributed by atoms with Crippen molar-refractivity contribution in [2.24, 2.45) is 0 Å². The first kappa shape index (κ1) is 15.9. The van der Waals surface area contributed by atoms with Crippen molar-refractivity contribution < 1.29 is 0 Å². The molecule has 1 fully saturated rings. The first-order valence-electron chi connectivity index (χ1n) is 7.37. The lowest BCUT2D eigenvalue weighted by Gasteiger charge is -2.25. The second-order valence-corrected chi connectivity index (χ2v) is 5.78. The molecule has 2 nitrogen and oxygen atoms in total. The fourth-order valence-corrected chi connectivity index (χ4v) is 3.11. The van der Waals surface area contributed by atoms with Crippen LogP contribution in [0.1, 0.15) is 35.6 Å². The van der Waals surface area contributed by atoms with Crippen LogP contribution in [-0.2, 0) is 6.54 Å². The van der Waals surface area contributed by atoms with Crippen LogP contribution in [0.15, 0.2) is 48.5 Å². The minimum Gasteiger partial charge on any atom is -0.399 e. The lowest BCUT2D eigenvalue weighted by atomic mass is 10.0. The Morgan fingerprint density at radius 1 is 1.14 bits per heavy atom. The minimum absolute atomic E-state index is 0. The molecule has 1 unspecified atom stereocenters. The molecule has 0 amide bonds. The molecule has 112 valence electrons. The summed E-state index contributed by atoms with van der Waals surface area (Å²) in [6.07, 6.45) is 2.53. The molecule has 1 saturated heterocycles.